The van der Waals surface area contributed by atoms with Crippen LogP contribution in [-0.2, 0) is 11.3 Å². The number of aromatic nitrogens is 1. The molecule has 0 radical (unpaired) electrons. The van der Waals surface area contributed by atoms with Crippen molar-refractivity contribution in [3.8, 4) is 5.75 Å². The molecule has 2 N–H and O–H groups in total. The predicted octanol–water partition coefficient (Wildman–Crippen LogP) is 1.53. The first-order valence-corrected chi connectivity index (χ1v) is 4.83. The van der Waals surface area contributed by atoms with Crippen LogP contribution in [0, 0.1) is 6.92 Å². The molecule has 1 aromatic rings. The van der Waals surface area contributed by atoms with Crippen molar-refractivity contribution in [1.29, 1.82) is 0 Å². The molecule has 18 heavy (non-hydrogen) atoms. The highest BCUT2D eigenvalue weighted by atomic mass is 19.4. The average Bonchev–Trinajstić information content (AvgIpc) is 2.29. The summed E-state index contributed by atoms with van der Waals surface area (Å²) < 4.78 is 44.8. The van der Waals surface area contributed by atoms with Gasteiger partial charge < -0.3 is 15.2 Å². The van der Waals surface area contributed by atoms with E-state index in [9.17, 15) is 18.0 Å². The fraction of sp³-hybridized carbons (Fsp3) is 0.400. The van der Waals surface area contributed by atoms with Gasteiger partial charge in [0.15, 0.2) is 5.69 Å². The van der Waals surface area contributed by atoms with Gasteiger partial charge in [-0.15, -0.1) is 13.2 Å². The molecule has 1 rings (SSSR count). The van der Waals surface area contributed by atoms with Crippen LogP contribution in [0.3, 0.4) is 0 Å². The van der Waals surface area contributed by atoms with E-state index in [0.29, 0.717) is 0 Å². The molecule has 5 nitrogen and oxygen atoms in total. The number of nitrogens with two attached hydrogens (primary N) is 1. The van der Waals surface area contributed by atoms with Crippen LogP contribution in [0.25, 0.3) is 0 Å². The molecule has 100 valence electrons. The molecule has 0 aliphatic rings. The molecule has 0 unspecified atom stereocenters. The highest BCUT2D eigenvalue weighted by Crippen LogP contribution is 2.28. The van der Waals surface area contributed by atoms with Gasteiger partial charge in [0.2, 0.25) is 0 Å². The molecule has 0 atom stereocenters. The first-order valence-electron chi connectivity index (χ1n) is 4.83. The number of ether oxygens (including phenoxy) is 2. The predicted molar refractivity (Wildman–Crippen MR) is 54.9 cm³/mol. The van der Waals surface area contributed by atoms with E-state index in [1.165, 1.54) is 6.92 Å². The first-order chi connectivity index (χ1) is 8.28. The summed E-state index contributed by atoms with van der Waals surface area (Å²) in [5.41, 5.74) is 5.08. The number of rotatable bonds is 3. The molecule has 0 saturated carbocycles. The van der Waals surface area contributed by atoms with Crippen LogP contribution in [0.2, 0.25) is 0 Å². The second-order valence-electron chi connectivity index (χ2n) is 3.33. The minimum absolute atomic E-state index is 0.0589. The Morgan fingerprint density at radius 3 is 2.56 bits per heavy atom. The lowest BCUT2D eigenvalue weighted by molar-refractivity contribution is -0.274. The van der Waals surface area contributed by atoms with Crippen molar-refractivity contribution in [2.24, 2.45) is 5.73 Å². The third kappa shape index (κ3) is 3.33. The van der Waals surface area contributed by atoms with Gasteiger partial charge in [-0.25, -0.2) is 9.78 Å². The molecule has 1 heterocycles. The lowest BCUT2D eigenvalue weighted by Crippen LogP contribution is -2.20. The number of esters is 1. The molecule has 0 aliphatic carbocycles. The summed E-state index contributed by atoms with van der Waals surface area (Å²) >= 11 is 0. The Hall–Kier alpha value is -1.83. The number of nitrogens with zero attached hydrogens (tertiary/aromatic N) is 1. The van der Waals surface area contributed by atoms with E-state index in [0.717, 1.165) is 13.2 Å². The number of carbonyl (C=O) groups excluding carboxylic acids is 1. The number of hydrogen-bond donors (Lipinski definition) is 1. The van der Waals surface area contributed by atoms with E-state index >= 15 is 0 Å². The van der Waals surface area contributed by atoms with Gasteiger partial charge in [-0.3, -0.25) is 0 Å². The van der Waals surface area contributed by atoms with Crippen LogP contribution in [-0.4, -0.2) is 24.4 Å². The third-order valence-electron chi connectivity index (χ3n) is 2.09. The molecule has 0 aliphatic heterocycles. The Bertz CT molecular complexity index is 460. The van der Waals surface area contributed by atoms with Crippen LogP contribution >= 0.6 is 0 Å². The van der Waals surface area contributed by atoms with E-state index in [2.05, 4.69) is 14.5 Å². The van der Waals surface area contributed by atoms with Crippen LogP contribution in [0.5, 0.6) is 5.75 Å². The Kier molecular flexibility index (Phi) is 4.12. The maximum absolute atomic E-state index is 12.2. The Labute approximate surface area is 101 Å². The van der Waals surface area contributed by atoms with Gasteiger partial charge >= 0.3 is 12.3 Å². The fourth-order valence-electron chi connectivity index (χ4n) is 1.27. The summed E-state index contributed by atoms with van der Waals surface area (Å²) in [5.74, 6) is -1.37. The Morgan fingerprint density at radius 2 is 2.11 bits per heavy atom. The van der Waals surface area contributed by atoms with Crippen molar-refractivity contribution in [3.63, 3.8) is 0 Å². The second-order valence-corrected chi connectivity index (χ2v) is 3.33. The summed E-state index contributed by atoms with van der Waals surface area (Å²) in [7, 11) is 1.10. The largest absolute Gasteiger partial charge is 0.573 e. The summed E-state index contributed by atoms with van der Waals surface area (Å²) in [6.07, 6.45) is -4.86. The topological polar surface area (TPSA) is 74.4 Å². The van der Waals surface area contributed by atoms with E-state index in [-0.39, 0.29) is 23.5 Å². The van der Waals surface area contributed by atoms with Gasteiger partial charge in [0, 0.05) is 18.2 Å². The van der Waals surface area contributed by atoms with Crippen molar-refractivity contribution < 1.29 is 27.4 Å². The SMILES string of the molecule is COC(=O)c1nc(CN)cc(OC(F)(F)F)c1C. The molecule has 1 aromatic heterocycles. The Morgan fingerprint density at radius 1 is 1.50 bits per heavy atom. The quantitative estimate of drug-likeness (QED) is 0.838. The monoisotopic (exact) mass is 264 g/mol. The van der Waals surface area contributed by atoms with Gasteiger partial charge in [0.05, 0.1) is 12.8 Å². The number of methoxy groups -OCH3 is 1. The normalized spacial score (nSPS) is 11.2. The van der Waals surface area contributed by atoms with Crippen molar-refractivity contribution >= 4 is 5.97 Å². The molecule has 0 bridgehead atoms. The zero-order valence-corrected chi connectivity index (χ0v) is 9.67. The summed E-state index contributed by atoms with van der Waals surface area (Å²) in [5, 5.41) is 0. The van der Waals surface area contributed by atoms with Crippen molar-refractivity contribution in [2.75, 3.05) is 7.11 Å². The highest BCUT2D eigenvalue weighted by Gasteiger charge is 2.33. The zero-order valence-electron chi connectivity index (χ0n) is 9.67. The van der Waals surface area contributed by atoms with Crippen LogP contribution in [0.1, 0.15) is 21.7 Å². The standard InChI is InChI=1S/C10H11F3N2O3/c1-5-7(18-10(11,12)13)3-6(4-14)15-8(5)9(16)17-2/h3H,4,14H2,1-2H3. The van der Waals surface area contributed by atoms with Gasteiger partial charge in [-0.1, -0.05) is 0 Å². The van der Waals surface area contributed by atoms with Crippen molar-refractivity contribution in [2.45, 2.75) is 19.8 Å². The minimum atomic E-state index is -4.86. The number of halogens is 3. The van der Waals surface area contributed by atoms with E-state index in [1.807, 2.05) is 0 Å². The number of alkyl halides is 3. The van der Waals surface area contributed by atoms with Gasteiger partial charge in [0.25, 0.3) is 0 Å². The molecule has 8 heteroatoms. The van der Waals surface area contributed by atoms with Gasteiger partial charge in [-0.05, 0) is 6.92 Å². The molecule has 0 amide bonds. The Balaban J connectivity index is 3.29. The van der Waals surface area contributed by atoms with Gasteiger partial charge in [0.1, 0.15) is 5.75 Å². The van der Waals surface area contributed by atoms with E-state index in [4.69, 9.17) is 5.73 Å². The average molecular weight is 264 g/mol. The molecular weight excluding hydrogens is 253 g/mol. The molecule has 0 fully saturated rings. The highest BCUT2D eigenvalue weighted by molar-refractivity contribution is 5.89. The third-order valence-corrected chi connectivity index (χ3v) is 2.09. The minimum Gasteiger partial charge on any atom is -0.464 e. The molecule has 0 saturated heterocycles. The maximum Gasteiger partial charge on any atom is 0.573 e. The maximum atomic E-state index is 12.2. The summed E-state index contributed by atoms with van der Waals surface area (Å²) in [6.45, 7) is 1.15. The number of pyridine rings is 1. The molecular formula is C10H11F3N2O3. The summed E-state index contributed by atoms with van der Waals surface area (Å²) in [6, 6.07) is 1.04. The lowest BCUT2D eigenvalue weighted by Gasteiger charge is -2.14. The second kappa shape index (κ2) is 5.21. The number of hydrogen-bond acceptors (Lipinski definition) is 5. The fourth-order valence-corrected chi connectivity index (χ4v) is 1.27. The zero-order chi connectivity index (χ0) is 13.9. The number of carbonyl (C=O) groups is 1. The van der Waals surface area contributed by atoms with E-state index in [1.54, 1.807) is 0 Å². The summed E-state index contributed by atoms with van der Waals surface area (Å²) in [4.78, 5) is 15.2. The first kappa shape index (κ1) is 14.2. The smallest absolute Gasteiger partial charge is 0.464 e. The van der Waals surface area contributed by atoms with Crippen LogP contribution in [0.4, 0.5) is 13.2 Å². The van der Waals surface area contributed by atoms with Crippen molar-refractivity contribution in [3.05, 3.63) is 23.0 Å². The lowest BCUT2D eigenvalue weighted by atomic mass is 10.1. The van der Waals surface area contributed by atoms with Crippen LogP contribution < -0.4 is 10.5 Å². The van der Waals surface area contributed by atoms with Crippen LogP contribution in [0.15, 0.2) is 6.07 Å². The van der Waals surface area contributed by atoms with Crippen molar-refractivity contribution in [1.82, 2.24) is 4.98 Å². The molecule has 0 spiro atoms. The van der Waals surface area contributed by atoms with E-state index < -0.39 is 18.1 Å². The van der Waals surface area contributed by atoms with Gasteiger partial charge in [-0.2, -0.15) is 0 Å². The molecule has 0 aromatic carbocycles.